The first-order valence-corrected chi connectivity index (χ1v) is 8.02. The van der Waals surface area contributed by atoms with Gasteiger partial charge in [-0.05, 0) is 0 Å². The number of rotatable bonds is 18. The average molecular weight is 365 g/mol. The molecule has 0 heterocycles. The van der Waals surface area contributed by atoms with E-state index in [0.29, 0.717) is 39.6 Å². The zero-order chi connectivity index (χ0) is 18.8. The maximum Gasteiger partial charge on any atom is 0.243 e. The molecule has 10 heteroatoms. The third kappa shape index (κ3) is 15.8. The molecule has 0 aliphatic carbocycles. The van der Waals surface area contributed by atoms with Crippen molar-refractivity contribution >= 4 is 17.5 Å². The summed E-state index contributed by atoms with van der Waals surface area (Å²) in [4.78, 5) is 33.6. The smallest absolute Gasteiger partial charge is 0.243 e. The molecule has 0 rings (SSSR count). The highest BCUT2D eigenvalue weighted by atomic mass is 16.6. The minimum Gasteiger partial charge on any atom is -0.394 e. The highest BCUT2D eigenvalue weighted by Gasteiger charge is 2.14. The molecule has 0 fully saturated rings. The van der Waals surface area contributed by atoms with E-state index in [-0.39, 0.29) is 39.1 Å². The van der Waals surface area contributed by atoms with Crippen LogP contribution in [0.5, 0.6) is 0 Å². The maximum absolute atomic E-state index is 11.4. The second-order valence-electron chi connectivity index (χ2n) is 4.80. The van der Waals surface area contributed by atoms with Crippen LogP contribution >= 0.6 is 0 Å². The molecule has 0 aliphatic rings. The van der Waals surface area contributed by atoms with Gasteiger partial charge in [-0.15, -0.1) is 0 Å². The van der Waals surface area contributed by atoms with Gasteiger partial charge in [-0.1, -0.05) is 0 Å². The number of aliphatic hydroxyl groups is 1. The molecule has 0 aromatic rings. The summed E-state index contributed by atoms with van der Waals surface area (Å²) in [5.41, 5.74) is 1.39. The molecule has 3 N–H and O–H groups in total. The van der Waals surface area contributed by atoms with Crippen molar-refractivity contribution in [3.8, 4) is 0 Å². The van der Waals surface area contributed by atoms with Gasteiger partial charge >= 0.3 is 0 Å². The van der Waals surface area contributed by atoms with E-state index in [0.717, 1.165) is 0 Å². The lowest BCUT2D eigenvalue weighted by Crippen LogP contribution is -2.22. The number of aliphatic hydroxyl groups excluding tert-OH is 1. The summed E-state index contributed by atoms with van der Waals surface area (Å²) in [6.07, 6.45) is -0.526. The van der Waals surface area contributed by atoms with E-state index >= 15 is 0 Å². The van der Waals surface area contributed by atoms with Crippen molar-refractivity contribution in [2.24, 2.45) is 0 Å². The lowest BCUT2D eigenvalue weighted by Gasteiger charge is -2.07. The summed E-state index contributed by atoms with van der Waals surface area (Å²) in [6.45, 7) is 2.66. The second kappa shape index (κ2) is 17.4. The van der Waals surface area contributed by atoms with Crippen LogP contribution in [0, 0.1) is 0 Å². The van der Waals surface area contributed by atoms with Crippen LogP contribution in [0.3, 0.4) is 0 Å². The number of carbonyl (C=O) groups is 3. The molecular formula is C15H27NO9. The molecule has 0 radical (unpaired) electrons. The minimum absolute atomic E-state index is 0.0102. The van der Waals surface area contributed by atoms with Gasteiger partial charge in [-0.2, -0.15) is 0 Å². The van der Waals surface area contributed by atoms with E-state index in [9.17, 15) is 14.4 Å². The predicted octanol–water partition coefficient (Wildman–Crippen LogP) is -1.14. The zero-order valence-corrected chi connectivity index (χ0v) is 14.2. The van der Waals surface area contributed by atoms with Gasteiger partial charge < -0.3 is 24.1 Å². The fraction of sp³-hybridized carbons (Fsp3) is 0.800. The Morgan fingerprint density at radius 1 is 0.640 bits per heavy atom. The van der Waals surface area contributed by atoms with Crippen molar-refractivity contribution in [3.05, 3.63) is 0 Å². The number of hydrogen-bond acceptors (Lipinski definition) is 9. The molecule has 0 unspecified atom stereocenters. The summed E-state index contributed by atoms with van der Waals surface area (Å²) in [5.74, 6) is -1.98. The number of hydroxylamine groups is 1. The van der Waals surface area contributed by atoms with Crippen LogP contribution in [-0.4, -0.2) is 87.2 Å². The number of carbonyl (C=O) groups excluding carboxylic acids is 3. The van der Waals surface area contributed by atoms with Crippen LogP contribution in [-0.2, 0) is 33.3 Å². The highest BCUT2D eigenvalue weighted by molar-refractivity contribution is 6.37. The third-order valence-corrected chi connectivity index (χ3v) is 2.84. The van der Waals surface area contributed by atoms with Crippen LogP contribution < -0.4 is 5.48 Å². The van der Waals surface area contributed by atoms with Crippen molar-refractivity contribution in [1.82, 2.24) is 5.48 Å². The molecular weight excluding hydrogens is 338 g/mol. The SMILES string of the molecule is O=C(CCC(=O)C(=O)CCOCCOCCOCCOCCO)NO. The van der Waals surface area contributed by atoms with Crippen molar-refractivity contribution in [3.63, 3.8) is 0 Å². The maximum atomic E-state index is 11.4. The number of ketones is 2. The second-order valence-corrected chi connectivity index (χ2v) is 4.80. The van der Waals surface area contributed by atoms with Crippen LogP contribution in [0.2, 0.25) is 0 Å². The number of hydrogen-bond donors (Lipinski definition) is 3. The van der Waals surface area contributed by atoms with E-state index in [1.807, 2.05) is 0 Å². The Morgan fingerprint density at radius 2 is 1.08 bits per heavy atom. The van der Waals surface area contributed by atoms with E-state index < -0.39 is 17.5 Å². The van der Waals surface area contributed by atoms with Gasteiger partial charge in [-0.25, -0.2) is 5.48 Å². The monoisotopic (exact) mass is 365 g/mol. The van der Waals surface area contributed by atoms with E-state index in [1.54, 1.807) is 0 Å². The highest BCUT2D eigenvalue weighted by Crippen LogP contribution is 1.96. The number of amides is 1. The van der Waals surface area contributed by atoms with Crippen molar-refractivity contribution < 1.29 is 43.6 Å². The summed E-state index contributed by atoms with van der Waals surface area (Å²) in [5, 5.41) is 16.8. The van der Waals surface area contributed by atoms with Crippen LogP contribution in [0.4, 0.5) is 0 Å². The lowest BCUT2D eigenvalue weighted by molar-refractivity contribution is -0.138. The lowest BCUT2D eigenvalue weighted by atomic mass is 10.1. The zero-order valence-electron chi connectivity index (χ0n) is 14.2. The minimum atomic E-state index is -0.712. The Balaban J connectivity index is 3.33. The van der Waals surface area contributed by atoms with Crippen LogP contribution in [0.25, 0.3) is 0 Å². The van der Waals surface area contributed by atoms with Gasteiger partial charge in [0, 0.05) is 19.3 Å². The summed E-state index contributed by atoms with van der Waals surface area (Å²) < 4.78 is 20.6. The van der Waals surface area contributed by atoms with E-state index in [4.69, 9.17) is 29.3 Å². The quantitative estimate of drug-likeness (QED) is 0.119. The Kier molecular flexibility index (Phi) is 16.4. The molecule has 0 aromatic carbocycles. The fourth-order valence-corrected chi connectivity index (χ4v) is 1.55. The van der Waals surface area contributed by atoms with E-state index in [1.165, 1.54) is 5.48 Å². The first-order chi connectivity index (χ1) is 12.1. The Bertz CT molecular complexity index is 376. The third-order valence-electron chi connectivity index (χ3n) is 2.84. The van der Waals surface area contributed by atoms with Gasteiger partial charge in [0.15, 0.2) is 5.78 Å². The standard InChI is InChI=1S/C15H27NO9/c17-4-6-23-8-10-25-12-11-24-9-7-22-5-3-14(19)13(18)1-2-15(20)16-21/h17,21H,1-12H2,(H,16,20). The number of Topliss-reactive ketones (excluding diaryl/α,β-unsaturated/α-hetero) is 2. The Morgan fingerprint density at radius 3 is 1.56 bits per heavy atom. The summed E-state index contributed by atoms with van der Waals surface area (Å²) >= 11 is 0. The van der Waals surface area contributed by atoms with Crippen molar-refractivity contribution in [2.45, 2.75) is 19.3 Å². The number of ether oxygens (including phenoxy) is 4. The molecule has 0 atom stereocenters. The topological polar surface area (TPSA) is 141 Å². The largest absolute Gasteiger partial charge is 0.394 e. The van der Waals surface area contributed by atoms with Crippen LogP contribution in [0.1, 0.15) is 19.3 Å². The van der Waals surface area contributed by atoms with Gasteiger partial charge in [-0.3, -0.25) is 19.6 Å². The van der Waals surface area contributed by atoms with Gasteiger partial charge in [0.1, 0.15) is 0 Å². The number of nitrogens with one attached hydrogen (secondary N) is 1. The van der Waals surface area contributed by atoms with Crippen molar-refractivity contribution in [2.75, 3.05) is 59.5 Å². The molecule has 0 saturated heterocycles. The summed E-state index contributed by atoms with van der Waals surface area (Å²) in [6, 6.07) is 0. The van der Waals surface area contributed by atoms with Gasteiger partial charge in [0.2, 0.25) is 11.7 Å². The molecule has 146 valence electrons. The molecule has 0 bridgehead atoms. The molecule has 25 heavy (non-hydrogen) atoms. The fourth-order valence-electron chi connectivity index (χ4n) is 1.55. The summed E-state index contributed by atoms with van der Waals surface area (Å²) in [7, 11) is 0. The molecule has 10 nitrogen and oxygen atoms in total. The molecule has 0 aromatic heterocycles. The molecule has 0 saturated carbocycles. The van der Waals surface area contributed by atoms with Crippen LogP contribution in [0.15, 0.2) is 0 Å². The van der Waals surface area contributed by atoms with Crippen molar-refractivity contribution in [1.29, 1.82) is 0 Å². The normalized spacial score (nSPS) is 10.6. The Hall–Kier alpha value is -1.43. The van der Waals surface area contributed by atoms with E-state index in [2.05, 4.69) is 0 Å². The van der Waals surface area contributed by atoms with Gasteiger partial charge in [0.25, 0.3) is 0 Å². The first-order valence-electron chi connectivity index (χ1n) is 8.02. The average Bonchev–Trinajstić information content (AvgIpc) is 2.62. The Labute approximate surface area is 146 Å². The van der Waals surface area contributed by atoms with Gasteiger partial charge in [0.05, 0.1) is 59.5 Å². The predicted molar refractivity (Wildman–Crippen MR) is 84.2 cm³/mol. The molecule has 0 spiro atoms. The first kappa shape index (κ1) is 23.6. The molecule has 0 aliphatic heterocycles. The molecule has 1 amide bonds.